The molecule has 3 nitrogen and oxygen atoms in total. The Morgan fingerprint density at radius 2 is 0.883 bits per heavy atom. The van der Waals surface area contributed by atoms with Gasteiger partial charge in [-0.15, -0.1) is 0 Å². The summed E-state index contributed by atoms with van der Waals surface area (Å²) in [6.07, 6.45) is 0. The van der Waals surface area contributed by atoms with Crippen molar-refractivity contribution in [2.75, 3.05) is 0 Å². The van der Waals surface area contributed by atoms with Crippen LogP contribution in [0.1, 0.15) is 25.0 Å². The number of hydrogen-bond donors (Lipinski definition) is 0. The third-order valence-electron chi connectivity index (χ3n) is 13.4. The molecule has 1 aliphatic carbocycles. The topological polar surface area (TPSA) is 14.8 Å². The lowest BCUT2D eigenvalue weighted by Crippen LogP contribution is -2.14. The van der Waals surface area contributed by atoms with E-state index in [2.05, 4.69) is 228 Å². The first kappa shape index (κ1) is 33.4. The molecule has 0 N–H and O–H groups in total. The molecule has 1 aliphatic rings. The van der Waals surface area contributed by atoms with Crippen LogP contribution in [-0.4, -0.2) is 13.7 Å². The number of para-hydroxylation sites is 4. The minimum atomic E-state index is -0.0898. The summed E-state index contributed by atoms with van der Waals surface area (Å²) in [5.74, 6) is 0. The Balaban J connectivity index is 1.04. The number of benzene rings is 9. The molecule has 0 radical (unpaired) electrons. The van der Waals surface area contributed by atoms with Crippen molar-refractivity contribution in [1.82, 2.24) is 13.7 Å². The lowest BCUT2D eigenvalue weighted by molar-refractivity contribution is 0.661. The van der Waals surface area contributed by atoms with E-state index in [4.69, 9.17) is 0 Å². The molecule has 0 fully saturated rings. The first-order chi connectivity index (χ1) is 29.6. The molecular formula is C57H39N3. The predicted molar refractivity (Wildman–Crippen MR) is 252 cm³/mol. The van der Waals surface area contributed by atoms with Gasteiger partial charge in [0.25, 0.3) is 0 Å². The molecule has 0 unspecified atom stereocenters. The summed E-state index contributed by atoms with van der Waals surface area (Å²) in [5, 5.41) is 7.60. The zero-order valence-electron chi connectivity index (χ0n) is 33.4. The van der Waals surface area contributed by atoms with Gasteiger partial charge >= 0.3 is 0 Å². The molecule has 9 aromatic carbocycles. The summed E-state index contributed by atoms with van der Waals surface area (Å²) < 4.78 is 7.37. The molecule has 282 valence electrons. The van der Waals surface area contributed by atoms with E-state index in [1.165, 1.54) is 104 Å². The fourth-order valence-electron chi connectivity index (χ4n) is 10.8. The molecular weight excluding hydrogens is 727 g/mol. The fourth-order valence-corrected chi connectivity index (χ4v) is 10.8. The second-order valence-electron chi connectivity index (χ2n) is 16.9. The van der Waals surface area contributed by atoms with E-state index in [9.17, 15) is 0 Å². The van der Waals surface area contributed by atoms with Gasteiger partial charge in [0.05, 0.1) is 33.1 Å². The van der Waals surface area contributed by atoms with Crippen molar-refractivity contribution in [2.24, 2.45) is 0 Å². The average molecular weight is 766 g/mol. The summed E-state index contributed by atoms with van der Waals surface area (Å²) in [4.78, 5) is 0. The zero-order valence-corrected chi connectivity index (χ0v) is 33.4. The van der Waals surface area contributed by atoms with Gasteiger partial charge in [0.15, 0.2) is 0 Å². The third-order valence-corrected chi connectivity index (χ3v) is 13.4. The maximum atomic E-state index is 2.48. The molecule has 0 saturated heterocycles. The Bertz CT molecular complexity index is 3710. The van der Waals surface area contributed by atoms with Gasteiger partial charge in [-0.25, -0.2) is 0 Å². The molecule has 0 atom stereocenters. The predicted octanol–water partition coefficient (Wildman–Crippen LogP) is 15.0. The number of aromatic nitrogens is 3. The molecule has 3 aromatic heterocycles. The van der Waals surface area contributed by atoms with Gasteiger partial charge < -0.3 is 13.7 Å². The van der Waals surface area contributed by atoms with Crippen molar-refractivity contribution in [3.8, 4) is 39.3 Å². The van der Waals surface area contributed by atoms with E-state index in [-0.39, 0.29) is 5.41 Å². The minimum Gasteiger partial charge on any atom is -0.309 e. The van der Waals surface area contributed by atoms with E-state index in [0.29, 0.717) is 0 Å². The second-order valence-corrected chi connectivity index (χ2v) is 16.9. The van der Waals surface area contributed by atoms with Gasteiger partial charge in [0, 0.05) is 54.8 Å². The van der Waals surface area contributed by atoms with Crippen LogP contribution in [0.15, 0.2) is 200 Å². The molecule has 12 aromatic rings. The van der Waals surface area contributed by atoms with Gasteiger partial charge in [-0.3, -0.25) is 0 Å². The van der Waals surface area contributed by atoms with Crippen LogP contribution >= 0.6 is 0 Å². The van der Waals surface area contributed by atoms with Crippen LogP contribution in [0.2, 0.25) is 0 Å². The highest BCUT2D eigenvalue weighted by Gasteiger charge is 2.36. The van der Waals surface area contributed by atoms with Crippen LogP contribution in [0.25, 0.3) is 105 Å². The van der Waals surface area contributed by atoms with Crippen molar-refractivity contribution in [3.63, 3.8) is 0 Å². The summed E-state index contributed by atoms with van der Waals surface area (Å²) in [5.41, 5.74) is 18.6. The highest BCUT2D eigenvalue weighted by atomic mass is 15.0. The van der Waals surface area contributed by atoms with Crippen molar-refractivity contribution < 1.29 is 0 Å². The van der Waals surface area contributed by atoms with Gasteiger partial charge in [-0.05, 0) is 106 Å². The normalized spacial score (nSPS) is 13.3. The Morgan fingerprint density at radius 3 is 1.65 bits per heavy atom. The van der Waals surface area contributed by atoms with E-state index < -0.39 is 0 Å². The Hall–Kier alpha value is -7.62. The van der Waals surface area contributed by atoms with Gasteiger partial charge in [0.2, 0.25) is 0 Å². The number of fused-ring (bicyclic) bond motifs is 13. The molecule has 3 heteroatoms. The highest BCUT2D eigenvalue weighted by molar-refractivity contribution is 6.26. The molecule has 0 saturated carbocycles. The van der Waals surface area contributed by atoms with E-state index >= 15 is 0 Å². The molecule has 60 heavy (non-hydrogen) atoms. The molecule has 3 heterocycles. The van der Waals surface area contributed by atoms with Crippen molar-refractivity contribution in [1.29, 1.82) is 0 Å². The van der Waals surface area contributed by atoms with Crippen LogP contribution in [0.3, 0.4) is 0 Å². The fraction of sp³-hybridized carbons (Fsp3) is 0.0526. The lowest BCUT2D eigenvalue weighted by Gasteiger charge is -2.21. The smallest absolute Gasteiger partial charge is 0.0641 e. The van der Waals surface area contributed by atoms with E-state index in [0.717, 1.165) is 11.4 Å². The minimum absolute atomic E-state index is 0.0898. The second kappa shape index (κ2) is 12.2. The Labute approximate surface area is 347 Å². The quantitative estimate of drug-likeness (QED) is 0.169. The summed E-state index contributed by atoms with van der Waals surface area (Å²) in [7, 11) is 0. The van der Waals surface area contributed by atoms with E-state index in [1.807, 2.05) is 0 Å². The number of nitrogens with zero attached hydrogens (tertiary/aromatic N) is 3. The molecule has 0 spiro atoms. The first-order valence-corrected chi connectivity index (χ1v) is 20.9. The average Bonchev–Trinajstić information content (AvgIpc) is 4.00. The van der Waals surface area contributed by atoms with Crippen molar-refractivity contribution in [3.05, 3.63) is 211 Å². The Kier molecular flexibility index (Phi) is 6.78. The number of rotatable bonds is 4. The summed E-state index contributed by atoms with van der Waals surface area (Å²) in [6.45, 7) is 4.74. The molecule has 0 bridgehead atoms. The largest absolute Gasteiger partial charge is 0.309 e. The zero-order chi connectivity index (χ0) is 39.7. The van der Waals surface area contributed by atoms with Crippen LogP contribution in [-0.2, 0) is 5.41 Å². The SMILES string of the molecule is CC1(C)c2ccccc2-c2cc3c4c(-c5ccc(-n6c7ccccc7c7c6ccc6c8ccccc8n(-c8ccccc8)c67)cc5)cccc4n(-c4ccccc4)c3cc21. The third kappa shape index (κ3) is 4.44. The maximum Gasteiger partial charge on any atom is 0.0641 e. The maximum absolute atomic E-state index is 2.48. The van der Waals surface area contributed by atoms with Gasteiger partial charge in [-0.1, -0.05) is 141 Å². The van der Waals surface area contributed by atoms with Crippen LogP contribution < -0.4 is 0 Å². The molecule has 0 amide bonds. The lowest BCUT2D eigenvalue weighted by atomic mass is 9.82. The van der Waals surface area contributed by atoms with Crippen LogP contribution in [0.5, 0.6) is 0 Å². The Morgan fingerprint density at radius 1 is 0.317 bits per heavy atom. The molecule has 13 rings (SSSR count). The summed E-state index contributed by atoms with van der Waals surface area (Å²) >= 11 is 0. The van der Waals surface area contributed by atoms with Crippen molar-refractivity contribution in [2.45, 2.75) is 19.3 Å². The molecule has 0 aliphatic heterocycles. The standard InChI is InChI=1S/C57H39N3/c1-57(2)47-24-12-9-20-41(47)45-34-46-53(35-48(45)57)59(37-16-5-3-6-17-37)51-27-15-23-40(54(46)51)36-28-30-39(31-29-36)58-50-26-14-11-22-44(50)55-52(58)33-32-43-42-21-10-13-25-49(42)60(56(43)55)38-18-7-4-8-19-38/h3-35H,1-2H3. The van der Waals surface area contributed by atoms with Gasteiger partial charge in [0.1, 0.15) is 0 Å². The summed E-state index contributed by atoms with van der Waals surface area (Å²) in [6, 6.07) is 74.0. The monoisotopic (exact) mass is 765 g/mol. The van der Waals surface area contributed by atoms with E-state index in [1.54, 1.807) is 0 Å². The number of hydrogen-bond acceptors (Lipinski definition) is 0. The highest BCUT2D eigenvalue weighted by Crippen LogP contribution is 2.52. The first-order valence-electron chi connectivity index (χ1n) is 20.9. The van der Waals surface area contributed by atoms with Gasteiger partial charge in [-0.2, -0.15) is 0 Å². The van der Waals surface area contributed by atoms with Crippen LogP contribution in [0, 0.1) is 0 Å². The van der Waals surface area contributed by atoms with Crippen LogP contribution in [0.4, 0.5) is 0 Å². The van der Waals surface area contributed by atoms with Crippen molar-refractivity contribution >= 4 is 65.4 Å².